The maximum Gasteiger partial charge on any atom is -0.0000937 e. The van der Waals surface area contributed by atoms with Gasteiger partial charge in [-0.2, -0.15) is 0 Å². The van der Waals surface area contributed by atoms with Gasteiger partial charge in [-0.1, -0.05) is 231 Å². The third-order valence-electron chi connectivity index (χ3n) is 12.6. The molecule has 12 rings (SSSR count). The molecule has 0 N–H and O–H groups in total. The van der Waals surface area contributed by atoms with Crippen LogP contribution in [0.25, 0.3) is 121 Å². The minimum absolute atomic E-state index is 1.19. The van der Waals surface area contributed by atoms with Crippen LogP contribution in [-0.2, 0) is 0 Å². The summed E-state index contributed by atoms with van der Waals surface area (Å²) < 4.78 is 0. The van der Waals surface area contributed by atoms with Gasteiger partial charge in [0.2, 0.25) is 0 Å². The molecule has 0 radical (unpaired) electrons. The van der Waals surface area contributed by atoms with E-state index in [4.69, 9.17) is 0 Å². The maximum absolute atomic E-state index is 2.40. The van der Waals surface area contributed by atoms with E-state index in [1.54, 1.807) is 0 Å². The van der Waals surface area contributed by atoms with Crippen molar-refractivity contribution >= 4 is 32.3 Å². The Hall–Kier alpha value is -7.80. The van der Waals surface area contributed by atoms with Crippen molar-refractivity contribution in [1.29, 1.82) is 0 Å². The van der Waals surface area contributed by atoms with Crippen molar-refractivity contribution < 1.29 is 0 Å². The predicted molar refractivity (Wildman–Crippen MR) is 256 cm³/mol. The first-order valence-electron chi connectivity index (χ1n) is 20.9. The Morgan fingerprint density at radius 3 is 1.28 bits per heavy atom. The molecule has 0 heteroatoms. The second kappa shape index (κ2) is 13.9. The van der Waals surface area contributed by atoms with Gasteiger partial charge < -0.3 is 0 Å². The van der Waals surface area contributed by atoms with Crippen LogP contribution in [0.3, 0.4) is 0 Å². The standard InChI is InChI=1S/C60H38/c1-4-19-39(20-5-1)45-29-14-15-31-48(45)51-37-38-53-52-36-35-41-22-11-13-30-46(41)56(52)60-58(50-33-17-16-32-49(50)47-34-18-27-40-21-10-12-28-44(40)47)55(43-25-8-3-9-26-43)54(57(51)59(53)60)42-23-6-2-7-24-42/h1-38H. The number of fused-ring (bicyclic) bond motifs is 6. The van der Waals surface area contributed by atoms with Crippen molar-refractivity contribution in [2.45, 2.75) is 0 Å². The Labute approximate surface area is 350 Å². The third kappa shape index (κ3) is 5.25. The van der Waals surface area contributed by atoms with Crippen LogP contribution in [0.2, 0.25) is 0 Å². The van der Waals surface area contributed by atoms with Gasteiger partial charge in [0, 0.05) is 0 Å². The summed E-state index contributed by atoms with van der Waals surface area (Å²) in [5.41, 5.74) is 19.9. The van der Waals surface area contributed by atoms with E-state index in [0.29, 0.717) is 0 Å². The molecule has 60 heavy (non-hydrogen) atoms. The zero-order valence-corrected chi connectivity index (χ0v) is 32.9. The Bertz CT molecular complexity index is 3440. The molecule has 0 saturated carbocycles. The lowest BCUT2D eigenvalue weighted by molar-refractivity contribution is 1.57. The SMILES string of the molecule is c1ccc(-c2ccccc2-c2ccc3c4c(c(-c5ccccc5-c5cccc6ccccc56)c(-c5ccccc5)c(-c5ccccc5)c24)-c2c-3ccc3ccccc23)cc1. The van der Waals surface area contributed by atoms with E-state index in [-0.39, 0.29) is 0 Å². The van der Waals surface area contributed by atoms with Gasteiger partial charge in [-0.3, -0.25) is 0 Å². The van der Waals surface area contributed by atoms with Gasteiger partial charge in [-0.25, -0.2) is 0 Å². The Balaban J connectivity index is 1.35. The van der Waals surface area contributed by atoms with Crippen LogP contribution in [0.5, 0.6) is 0 Å². The fraction of sp³-hybridized carbons (Fsp3) is 0. The van der Waals surface area contributed by atoms with Gasteiger partial charge in [0.1, 0.15) is 0 Å². The first-order chi connectivity index (χ1) is 29.8. The first kappa shape index (κ1) is 34.3. The van der Waals surface area contributed by atoms with E-state index in [0.717, 1.165) is 0 Å². The molecule has 0 nitrogen and oxygen atoms in total. The summed E-state index contributed by atoms with van der Waals surface area (Å²) in [6, 6.07) is 85.2. The Morgan fingerprint density at radius 2 is 0.600 bits per heavy atom. The van der Waals surface area contributed by atoms with Crippen LogP contribution in [0.1, 0.15) is 0 Å². The average Bonchev–Trinajstić information content (AvgIpc) is 3.67. The zero-order chi connectivity index (χ0) is 39.6. The summed E-state index contributed by atoms with van der Waals surface area (Å²) in [4.78, 5) is 0. The lowest BCUT2D eigenvalue weighted by Gasteiger charge is -2.26. The minimum Gasteiger partial charge on any atom is -0.0622 e. The van der Waals surface area contributed by atoms with Crippen LogP contribution < -0.4 is 0 Å². The molecule has 0 atom stereocenters. The molecule has 0 bridgehead atoms. The molecule has 11 aromatic rings. The van der Waals surface area contributed by atoms with Crippen molar-refractivity contribution in [3.63, 3.8) is 0 Å². The lowest BCUT2D eigenvalue weighted by Crippen LogP contribution is -1.99. The Kier molecular flexibility index (Phi) is 7.96. The summed E-state index contributed by atoms with van der Waals surface area (Å²) in [5, 5.41) is 7.59. The van der Waals surface area contributed by atoms with E-state index < -0.39 is 0 Å². The van der Waals surface area contributed by atoms with Gasteiger partial charge in [0.05, 0.1) is 0 Å². The van der Waals surface area contributed by atoms with Crippen molar-refractivity contribution in [3.8, 4) is 89.0 Å². The summed E-state index contributed by atoms with van der Waals surface area (Å²) in [6.07, 6.45) is 0. The second-order valence-corrected chi connectivity index (χ2v) is 15.8. The van der Waals surface area contributed by atoms with Crippen molar-refractivity contribution in [2.24, 2.45) is 0 Å². The minimum atomic E-state index is 1.19. The van der Waals surface area contributed by atoms with Crippen LogP contribution >= 0.6 is 0 Å². The number of hydrogen-bond acceptors (Lipinski definition) is 0. The van der Waals surface area contributed by atoms with Gasteiger partial charge in [0.25, 0.3) is 0 Å². The van der Waals surface area contributed by atoms with E-state index in [9.17, 15) is 0 Å². The highest BCUT2D eigenvalue weighted by molar-refractivity contribution is 6.33. The van der Waals surface area contributed by atoms with Gasteiger partial charge in [-0.05, 0) is 121 Å². The number of rotatable bonds is 6. The van der Waals surface area contributed by atoms with E-state index in [2.05, 4.69) is 231 Å². The molecule has 0 aromatic heterocycles. The lowest BCUT2D eigenvalue weighted by atomic mass is 9.76. The Morgan fingerprint density at radius 1 is 0.167 bits per heavy atom. The van der Waals surface area contributed by atoms with Gasteiger partial charge >= 0.3 is 0 Å². The fourth-order valence-corrected chi connectivity index (χ4v) is 10.1. The fourth-order valence-electron chi connectivity index (χ4n) is 10.1. The molecule has 1 aliphatic carbocycles. The first-order valence-corrected chi connectivity index (χ1v) is 20.9. The van der Waals surface area contributed by atoms with Crippen LogP contribution in [0, 0.1) is 0 Å². The topological polar surface area (TPSA) is 0 Å². The van der Waals surface area contributed by atoms with Crippen molar-refractivity contribution in [3.05, 3.63) is 231 Å². The van der Waals surface area contributed by atoms with Crippen molar-refractivity contribution in [1.82, 2.24) is 0 Å². The summed E-state index contributed by atoms with van der Waals surface area (Å²) in [7, 11) is 0. The molecule has 0 heterocycles. The monoisotopic (exact) mass is 758 g/mol. The molecular weight excluding hydrogens is 721 g/mol. The van der Waals surface area contributed by atoms with E-state index >= 15 is 0 Å². The highest BCUT2D eigenvalue weighted by Crippen LogP contribution is 2.61. The molecule has 1 aliphatic rings. The maximum atomic E-state index is 2.40. The van der Waals surface area contributed by atoms with Gasteiger partial charge in [0.15, 0.2) is 0 Å². The quantitative estimate of drug-likeness (QED) is 0.158. The largest absolute Gasteiger partial charge is 0.0622 e. The van der Waals surface area contributed by atoms with Crippen LogP contribution in [0.15, 0.2) is 231 Å². The highest BCUT2D eigenvalue weighted by atomic mass is 14.4. The molecule has 0 saturated heterocycles. The van der Waals surface area contributed by atoms with Crippen LogP contribution in [0.4, 0.5) is 0 Å². The average molecular weight is 759 g/mol. The van der Waals surface area contributed by atoms with Crippen LogP contribution in [-0.4, -0.2) is 0 Å². The van der Waals surface area contributed by atoms with Gasteiger partial charge in [-0.15, -0.1) is 0 Å². The molecule has 0 unspecified atom stereocenters. The molecule has 0 amide bonds. The van der Waals surface area contributed by atoms with Crippen molar-refractivity contribution in [2.75, 3.05) is 0 Å². The summed E-state index contributed by atoms with van der Waals surface area (Å²) >= 11 is 0. The smallest absolute Gasteiger partial charge is 0.0000937 e. The third-order valence-corrected chi connectivity index (χ3v) is 12.6. The molecule has 0 fully saturated rings. The molecule has 278 valence electrons. The summed E-state index contributed by atoms with van der Waals surface area (Å²) in [5.74, 6) is 0. The summed E-state index contributed by atoms with van der Waals surface area (Å²) in [6.45, 7) is 0. The normalized spacial score (nSPS) is 11.7. The zero-order valence-electron chi connectivity index (χ0n) is 32.9. The number of hydrogen-bond donors (Lipinski definition) is 0. The molecule has 0 aliphatic heterocycles. The molecular formula is C60H38. The molecule has 11 aromatic carbocycles. The predicted octanol–water partition coefficient (Wildman–Crippen LogP) is 16.8. The molecule has 0 spiro atoms. The number of benzene rings is 11. The van der Waals surface area contributed by atoms with E-state index in [1.807, 2.05) is 0 Å². The van der Waals surface area contributed by atoms with E-state index in [1.165, 1.54) is 121 Å². The second-order valence-electron chi connectivity index (χ2n) is 15.8. The highest BCUT2D eigenvalue weighted by Gasteiger charge is 2.34.